The zero-order chi connectivity index (χ0) is 13.9. The minimum Gasteiger partial charge on any atom is -0.409 e. The number of oxime groups is 1. The molecule has 4 N–H and O–H groups in total. The van der Waals surface area contributed by atoms with Crippen LogP contribution in [-0.4, -0.2) is 48.5 Å². The Hall–Kier alpha value is -1.30. The van der Waals surface area contributed by atoms with E-state index in [-0.39, 0.29) is 11.7 Å². The quantitative estimate of drug-likeness (QED) is 0.297. The van der Waals surface area contributed by atoms with Gasteiger partial charge in [-0.15, -0.1) is 0 Å². The van der Waals surface area contributed by atoms with E-state index in [9.17, 15) is 4.79 Å². The number of nitrogens with one attached hydrogen (secondary N) is 1. The smallest absolute Gasteiger partial charge is 0.233 e. The largest absolute Gasteiger partial charge is 0.409 e. The van der Waals surface area contributed by atoms with Gasteiger partial charge in [-0.1, -0.05) is 11.6 Å². The number of hydrogen-bond acceptors (Lipinski definition) is 4. The molecule has 0 unspecified atom stereocenters. The molecular weight excluding hydrogens is 244 g/mol. The van der Waals surface area contributed by atoms with Crippen molar-refractivity contribution in [2.75, 3.05) is 26.7 Å². The van der Waals surface area contributed by atoms with Crippen molar-refractivity contribution in [2.24, 2.45) is 22.2 Å². The Kier molecular flexibility index (Phi) is 4.29. The molecule has 0 aromatic rings. The van der Waals surface area contributed by atoms with E-state index in [2.05, 4.69) is 22.4 Å². The molecule has 1 saturated heterocycles. The van der Waals surface area contributed by atoms with Crippen LogP contribution in [0.5, 0.6) is 0 Å². The highest BCUT2D eigenvalue weighted by Gasteiger charge is 2.48. The molecule has 1 aliphatic carbocycles. The lowest BCUT2D eigenvalue weighted by atomic mass is 9.67. The fraction of sp³-hybridized carbons (Fsp3) is 0.846. The van der Waals surface area contributed by atoms with Gasteiger partial charge in [0, 0.05) is 6.54 Å². The van der Waals surface area contributed by atoms with Crippen molar-refractivity contribution < 1.29 is 10.0 Å². The van der Waals surface area contributed by atoms with E-state index in [0.717, 1.165) is 32.4 Å². The third-order valence-electron chi connectivity index (χ3n) is 4.63. The van der Waals surface area contributed by atoms with Gasteiger partial charge in [0.05, 0.1) is 0 Å². The van der Waals surface area contributed by atoms with E-state index in [0.29, 0.717) is 25.3 Å². The van der Waals surface area contributed by atoms with Gasteiger partial charge in [-0.25, -0.2) is 0 Å². The van der Waals surface area contributed by atoms with E-state index in [1.165, 1.54) is 0 Å². The van der Waals surface area contributed by atoms with Crippen LogP contribution >= 0.6 is 0 Å². The van der Waals surface area contributed by atoms with Crippen LogP contribution in [0.3, 0.4) is 0 Å². The second-order valence-electron chi connectivity index (χ2n) is 5.88. The molecule has 2 aliphatic rings. The minimum absolute atomic E-state index is 0.0552. The maximum Gasteiger partial charge on any atom is 0.233 e. The fourth-order valence-corrected chi connectivity index (χ4v) is 2.90. The molecule has 0 atom stereocenters. The lowest BCUT2D eigenvalue weighted by Crippen LogP contribution is -2.54. The van der Waals surface area contributed by atoms with Crippen LogP contribution in [0.15, 0.2) is 5.16 Å². The van der Waals surface area contributed by atoms with Crippen LogP contribution in [0.2, 0.25) is 0 Å². The van der Waals surface area contributed by atoms with Gasteiger partial charge in [0.2, 0.25) is 5.91 Å². The second-order valence-corrected chi connectivity index (χ2v) is 5.88. The molecule has 2 rings (SSSR count). The highest BCUT2D eigenvalue weighted by atomic mass is 16.4. The van der Waals surface area contributed by atoms with Gasteiger partial charge in [-0.2, -0.15) is 0 Å². The molecule has 19 heavy (non-hydrogen) atoms. The van der Waals surface area contributed by atoms with E-state index in [4.69, 9.17) is 10.9 Å². The topological polar surface area (TPSA) is 91.0 Å². The molecular formula is C13H24N4O2. The molecule has 1 heterocycles. The molecule has 1 amide bonds. The number of amides is 1. The SMILES string of the molecule is CN1CCC(CNC(=O)C2(C(N)=NO)CCC2)CC1. The van der Waals surface area contributed by atoms with Crippen molar-refractivity contribution in [1.82, 2.24) is 10.2 Å². The third-order valence-corrected chi connectivity index (χ3v) is 4.63. The number of carbonyl (C=O) groups is 1. The number of amidine groups is 1. The van der Waals surface area contributed by atoms with Crippen molar-refractivity contribution >= 4 is 11.7 Å². The molecule has 6 nitrogen and oxygen atoms in total. The number of nitrogens with zero attached hydrogens (tertiary/aromatic N) is 2. The van der Waals surface area contributed by atoms with Gasteiger partial charge < -0.3 is 21.2 Å². The predicted molar refractivity (Wildman–Crippen MR) is 72.9 cm³/mol. The highest BCUT2D eigenvalue weighted by Crippen LogP contribution is 2.41. The van der Waals surface area contributed by atoms with E-state index >= 15 is 0 Å². The van der Waals surface area contributed by atoms with E-state index in [1.54, 1.807) is 0 Å². The molecule has 0 aromatic heterocycles. The summed E-state index contributed by atoms with van der Waals surface area (Å²) in [5.74, 6) is 0.525. The first kappa shape index (κ1) is 14.1. The molecule has 0 spiro atoms. The first-order valence-electron chi connectivity index (χ1n) is 7.03. The number of rotatable bonds is 4. The molecule has 0 bridgehead atoms. The summed E-state index contributed by atoms with van der Waals surface area (Å²) in [6.07, 6.45) is 4.56. The molecule has 1 saturated carbocycles. The normalized spacial score (nSPS) is 24.8. The summed E-state index contributed by atoms with van der Waals surface area (Å²) in [5.41, 5.74) is 4.92. The Morgan fingerprint density at radius 3 is 2.58 bits per heavy atom. The van der Waals surface area contributed by atoms with Crippen LogP contribution in [0, 0.1) is 11.3 Å². The van der Waals surface area contributed by atoms with Crippen LogP contribution in [0.1, 0.15) is 32.1 Å². The van der Waals surface area contributed by atoms with Crippen molar-refractivity contribution in [3.63, 3.8) is 0 Å². The Balaban J connectivity index is 1.84. The van der Waals surface area contributed by atoms with Crippen LogP contribution in [0.25, 0.3) is 0 Å². The Morgan fingerprint density at radius 1 is 1.47 bits per heavy atom. The molecule has 108 valence electrons. The number of nitrogens with two attached hydrogens (primary N) is 1. The maximum atomic E-state index is 12.3. The van der Waals surface area contributed by atoms with Gasteiger partial charge in [0.15, 0.2) is 5.84 Å². The van der Waals surface area contributed by atoms with Crippen molar-refractivity contribution in [3.8, 4) is 0 Å². The summed E-state index contributed by atoms with van der Waals surface area (Å²) < 4.78 is 0. The standard InChI is InChI=1S/C13H24N4O2/c1-17-7-3-10(4-8-17)9-15-12(18)13(5-2-6-13)11(14)16-19/h10,19H,2-9H2,1H3,(H2,14,16)(H,15,18). The lowest BCUT2D eigenvalue weighted by Gasteiger charge is -2.39. The third kappa shape index (κ3) is 2.83. The average molecular weight is 268 g/mol. The zero-order valence-electron chi connectivity index (χ0n) is 11.6. The van der Waals surface area contributed by atoms with Crippen molar-refractivity contribution in [1.29, 1.82) is 0 Å². The Morgan fingerprint density at radius 2 is 2.11 bits per heavy atom. The summed E-state index contributed by atoms with van der Waals surface area (Å²) in [4.78, 5) is 14.6. The molecule has 2 fully saturated rings. The molecule has 0 aromatic carbocycles. The van der Waals surface area contributed by atoms with Gasteiger partial charge in [0.1, 0.15) is 5.41 Å². The van der Waals surface area contributed by atoms with Crippen molar-refractivity contribution in [2.45, 2.75) is 32.1 Å². The Bertz CT molecular complexity index is 358. The summed E-state index contributed by atoms with van der Waals surface area (Å²) in [6, 6.07) is 0. The monoisotopic (exact) mass is 268 g/mol. The lowest BCUT2D eigenvalue weighted by molar-refractivity contribution is -0.131. The highest BCUT2D eigenvalue weighted by molar-refractivity contribution is 6.07. The molecule has 1 aliphatic heterocycles. The average Bonchev–Trinajstić information content (AvgIpc) is 2.36. The fourth-order valence-electron chi connectivity index (χ4n) is 2.90. The first-order chi connectivity index (χ1) is 9.08. The number of likely N-dealkylation sites (tertiary alicyclic amines) is 1. The van der Waals surface area contributed by atoms with E-state index < -0.39 is 5.41 Å². The molecule has 0 radical (unpaired) electrons. The van der Waals surface area contributed by atoms with Gasteiger partial charge in [-0.05, 0) is 51.7 Å². The van der Waals surface area contributed by atoms with E-state index in [1.807, 2.05) is 0 Å². The van der Waals surface area contributed by atoms with Gasteiger partial charge in [-0.3, -0.25) is 4.79 Å². The van der Waals surface area contributed by atoms with Crippen LogP contribution in [-0.2, 0) is 4.79 Å². The van der Waals surface area contributed by atoms with Crippen molar-refractivity contribution in [3.05, 3.63) is 0 Å². The molecule has 6 heteroatoms. The minimum atomic E-state index is -0.750. The number of hydrogen-bond donors (Lipinski definition) is 3. The number of carbonyl (C=O) groups excluding carboxylic acids is 1. The van der Waals surface area contributed by atoms with Gasteiger partial charge >= 0.3 is 0 Å². The van der Waals surface area contributed by atoms with Gasteiger partial charge in [0.25, 0.3) is 0 Å². The first-order valence-corrected chi connectivity index (χ1v) is 7.03. The summed E-state index contributed by atoms with van der Waals surface area (Å²) in [7, 11) is 2.12. The van der Waals surface area contributed by atoms with Crippen LogP contribution < -0.4 is 11.1 Å². The summed E-state index contributed by atoms with van der Waals surface area (Å²) >= 11 is 0. The van der Waals surface area contributed by atoms with Crippen LogP contribution in [0.4, 0.5) is 0 Å². The number of piperidine rings is 1. The summed E-state index contributed by atoms with van der Waals surface area (Å²) in [5, 5.41) is 14.8. The zero-order valence-corrected chi connectivity index (χ0v) is 11.6. The maximum absolute atomic E-state index is 12.3. The Labute approximate surface area is 114 Å². The predicted octanol–water partition coefficient (Wildman–Crippen LogP) is 0.361. The second kappa shape index (κ2) is 5.77. The summed E-state index contributed by atoms with van der Waals surface area (Å²) in [6.45, 7) is 2.88.